The van der Waals surface area contributed by atoms with Gasteiger partial charge in [-0.05, 0) is 44.2 Å². The predicted molar refractivity (Wildman–Crippen MR) is 144 cm³/mol. The Morgan fingerprint density at radius 3 is 1.53 bits per heavy atom. The topological polar surface area (TPSA) is 91.9 Å². The first-order chi connectivity index (χ1) is 17.5. The van der Waals surface area contributed by atoms with Gasteiger partial charge in [-0.25, -0.2) is 0 Å². The molecule has 3 aromatic rings. The molecule has 0 aromatic heterocycles. The van der Waals surface area contributed by atoms with Crippen LogP contribution in [0.1, 0.15) is 36.7 Å². The van der Waals surface area contributed by atoms with E-state index in [1.54, 1.807) is 30.3 Å². The van der Waals surface area contributed by atoms with Crippen LogP contribution in [0.3, 0.4) is 0 Å². The van der Waals surface area contributed by atoms with E-state index in [2.05, 4.69) is 9.80 Å². The molecule has 1 saturated heterocycles. The fourth-order valence-electron chi connectivity index (χ4n) is 4.72. The Morgan fingerprint density at radius 1 is 0.667 bits per heavy atom. The summed E-state index contributed by atoms with van der Waals surface area (Å²) in [6.45, 7) is 8.15. The molecular formula is C29H34N4O3. The molecule has 1 aliphatic heterocycles. The van der Waals surface area contributed by atoms with Crippen molar-refractivity contribution < 1.29 is 15.3 Å². The fraction of sp³-hybridized carbons (Fsp3) is 0.310. The van der Waals surface area contributed by atoms with Crippen molar-refractivity contribution >= 4 is 11.4 Å². The van der Waals surface area contributed by atoms with E-state index in [0.717, 1.165) is 54.3 Å². The highest BCUT2D eigenvalue weighted by Gasteiger charge is 2.34. The smallest absolute Gasteiger partial charge is 0.124 e. The molecule has 3 aromatic carbocycles. The maximum absolute atomic E-state index is 10.6. The molecule has 1 fully saturated rings. The maximum Gasteiger partial charge on any atom is 0.124 e. The number of phenols is 3. The minimum Gasteiger partial charge on any atom is -0.508 e. The molecule has 188 valence electrons. The van der Waals surface area contributed by atoms with Crippen LogP contribution in [-0.4, -0.2) is 75.8 Å². The summed E-state index contributed by atoms with van der Waals surface area (Å²) in [4.78, 5) is 14.1. The van der Waals surface area contributed by atoms with Crippen molar-refractivity contribution in [3.63, 3.8) is 0 Å². The summed E-state index contributed by atoms with van der Waals surface area (Å²) in [6.07, 6.45) is -0.0764. The zero-order chi connectivity index (χ0) is 25.5. The first kappa shape index (κ1) is 25.4. The van der Waals surface area contributed by atoms with Gasteiger partial charge in [0, 0.05) is 54.3 Å². The normalized spacial score (nSPS) is 17.6. The molecule has 1 aliphatic rings. The van der Waals surface area contributed by atoms with Crippen LogP contribution in [0.2, 0.25) is 0 Å². The SMILES string of the molecule is CC(=NCCN1CCN(CCN=C(C)c2ccccc2O)C1c1ccccc1O)c1ccccc1O. The largest absolute Gasteiger partial charge is 0.508 e. The predicted octanol–water partition coefficient (Wildman–Crippen LogP) is 4.44. The second-order valence-electron chi connectivity index (χ2n) is 8.97. The van der Waals surface area contributed by atoms with Gasteiger partial charge in [0.1, 0.15) is 17.2 Å². The highest BCUT2D eigenvalue weighted by Crippen LogP contribution is 2.34. The van der Waals surface area contributed by atoms with Crippen molar-refractivity contribution in [3.05, 3.63) is 89.5 Å². The molecule has 4 rings (SSSR count). The monoisotopic (exact) mass is 486 g/mol. The van der Waals surface area contributed by atoms with E-state index in [1.807, 2.05) is 56.3 Å². The van der Waals surface area contributed by atoms with Gasteiger partial charge in [0.2, 0.25) is 0 Å². The van der Waals surface area contributed by atoms with Gasteiger partial charge in [0.15, 0.2) is 0 Å². The third-order valence-electron chi connectivity index (χ3n) is 6.64. The second kappa shape index (κ2) is 11.8. The second-order valence-corrected chi connectivity index (χ2v) is 8.97. The molecule has 3 N–H and O–H groups in total. The van der Waals surface area contributed by atoms with Gasteiger partial charge in [0.25, 0.3) is 0 Å². The molecule has 0 unspecified atom stereocenters. The van der Waals surface area contributed by atoms with Crippen LogP contribution in [0.4, 0.5) is 0 Å². The number of phenolic OH excluding ortho intramolecular Hbond substituents is 3. The van der Waals surface area contributed by atoms with E-state index < -0.39 is 0 Å². The number of aliphatic imine (C=N–C) groups is 2. The molecule has 0 aliphatic carbocycles. The van der Waals surface area contributed by atoms with Crippen molar-refractivity contribution in [2.45, 2.75) is 20.0 Å². The number of hydrogen-bond donors (Lipinski definition) is 3. The van der Waals surface area contributed by atoms with Crippen LogP contribution < -0.4 is 0 Å². The van der Waals surface area contributed by atoms with E-state index >= 15 is 0 Å². The van der Waals surface area contributed by atoms with Gasteiger partial charge in [-0.1, -0.05) is 42.5 Å². The van der Waals surface area contributed by atoms with Crippen LogP contribution in [0.15, 0.2) is 82.8 Å². The minimum absolute atomic E-state index is 0.0764. The fourth-order valence-corrected chi connectivity index (χ4v) is 4.72. The van der Waals surface area contributed by atoms with Gasteiger partial charge in [-0.2, -0.15) is 0 Å². The molecule has 0 radical (unpaired) electrons. The lowest BCUT2D eigenvalue weighted by molar-refractivity contribution is 0.140. The average Bonchev–Trinajstić information content (AvgIpc) is 3.27. The Kier molecular flexibility index (Phi) is 8.36. The highest BCUT2D eigenvalue weighted by atomic mass is 16.3. The average molecular weight is 487 g/mol. The molecule has 36 heavy (non-hydrogen) atoms. The summed E-state index contributed by atoms with van der Waals surface area (Å²) < 4.78 is 0. The van der Waals surface area contributed by atoms with E-state index in [-0.39, 0.29) is 23.4 Å². The number of nitrogens with zero attached hydrogens (tertiary/aromatic N) is 4. The van der Waals surface area contributed by atoms with Gasteiger partial charge in [-0.15, -0.1) is 0 Å². The van der Waals surface area contributed by atoms with Crippen LogP contribution in [0.25, 0.3) is 0 Å². The lowest BCUT2D eigenvalue weighted by Gasteiger charge is -2.30. The number of rotatable bonds is 9. The molecular weight excluding hydrogens is 452 g/mol. The number of hydrogen-bond acceptors (Lipinski definition) is 7. The van der Waals surface area contributed by atoms with Gasteiger partial charge < -0.3 is 15.3 Å². The molecule has 0 amide bonds. The third kappa shape index (κ3) is 5.93. The lowest BCUT2D eigenvalue weighted by Crippen LogP contribution is -2.34. The minimum atomic E-state index is -0.0764. The molecule has 0 spiro atoms. The first-order valence-corrected chi connectivity index (χ1v) is 12.3. The third-order valence-corrected chi connectivity index (χ3v) is 6.64. The summed E-state index contributed by atoms with van der Waals surface area (Å²) in [5, 5.41) is 30.8. The van der Waals surface area contributed by atoms with Crippen LogP contribution in [-0.2, 0) is 0 Å². The van der Waals surface area contributed by atoms with Gasteiger partial charge in [0.05, 0.1) is 19.3 Å². The van der Waals surface area contributed by atoms with Gasteiger partial charge in [-0.3, -0.25) is 19.8 Å². The van der Waals surface area contributed by atoms with E-state index in [0.29, 0.717) is 13.1 Å². The summed E-state index contributed by atoms with van der Waals surface area (Å²) >= 11 is 0. The van der Waals surface area contributed by atoms with Crippen LogP contribution in [0, 0.1) is 0 Å². The number of para-hydroxylation sites is 3. The number of benzene rings is 3. The Labute approximate surface area is 212 Å². The van der Waals surface area contributed by atoms with Crippen molar-refractivity contribution in [2.24, 2.45) is 9.98 Å². The molecule has 0 bridgehead atoms. The Hall–Kier alpha value is -3.68. The maximum atomic E-state index is 10.6. The van der Waals surface area contributed by atoms with Crippen LogP contribution in [0.5, 0.6) is 17.2 Å². The Balaban J connectivity index is 1.46. The van der Waals surface area contributed by atoms with E-state index in [1.165, 1.54) is 0 Å². The quantitative estimate of drug-likeness (QED) is 0.389. The van der Waals surface area contributed by atoms with Crippen molar-refractivity contribution in [1.29, 1.82) is 0 Å². The summed E-state index contributed by atoms with van der Waals surface area (Å²) in [5.41, 5.74) is 3.97. The summed E-state index contributed by atoms with van der Waals surface area (Å²) in [6, 6.07) is 22.0. The van der Waals surface area contributed by atoms with E-state index in [9.17, 15) is 15.3 Å². The Morgan fingerprint density at radius 2 is 1.08 bits per heavy atom. The first-order valence-electron chi connectivity index (χ1n) is 12.3. The van der Waals surface area contributed by atoms with Crippen LogP contribution >= 0.6 is 0 Å². The van der Waals surface area contributed by atoms with Gasteiger partial charge >= 0.3 is 0 Å². The zero-order valence-electron chi connectivity index (χ0n) is 20.9. The Bertz CT molecular complexity index is 1170. The molecule has 0 saturated carbocycles. The number of aromatic hydroxyl groups is 3. The standard InChI is InChI=1S/C29H34N4O3/c1-21(23-9-3-6-12-26(23)34)30-15-17-32-19-20-33(29(32)25-11-5-8-14-28(25)36)18-16-31-22(2)24-10-4-7-13-27(24)35/h3-14,29,34-36H,15-20H2,1-2H3. The zero-order valence-corrected chi connectivity index (χ0v) is 20.9. The van der Waals surface area contributed by atoms with Crippen molar-refractivity contribution in [1.82, 2.24) is 9.80 Å². The molecule has 1 heterocycles. The summed E-state index contributed by atoms with van der Waals surface area (Å²) in [5.74, 6) is 0.748. The van der Waals surface area contributed by atoms with Crippen molar-refractivity contribution in [2.75, 3.05) is 39.3 Å². The lowest BCUT2D eigenvalue weighted by atomic mass is 10.1. The molecule has 7 heteroatoms. The molecule has 0 atom stereocenters. The molecule has 7 nitrogen and oxygen atoms in total. The van der Waals surface area contributed by atoms with E-state index in [4.69, 9.17) is 9.98 Å². The highest BCUT2D eigenvalue weighted by molar-refractivity contribution is 6.01. The van der Waals surface area contributed by atoms with Crippen molar-refractivity contribution in [3.8, 4) is 17.2 Å². The summed E-state index contributed by atoms with van der Waals surface area (Å²) in [7, 11) is 0.